The minimum absolute atomic E-state index is 0.00708. The van der Waals surface area contributed by atoms with E-state index in [2.05, 4.69) is 0 Å². The Hall–Kier alpha value is -2.53. The number of nitrogens with zero attached hydrogens (tertiary/aromatic N) is 2. The molecule has 146 valence electrons. The van der Waals surface area contributed by atoms with Crippen LogP contribution >= 0.6 is 11.6 Å². The third-order valence-electron chi connectivity index (χ3n) is 4.99. The molecule has 1 aromatic carbocycles. The van der Waals surface area contributed by atoms with Gasteiger partial charge in [-0.05, 0) is 61.9 Å². The number of aromatic nitrogens is 1. The minimum atomic E-state index is -2.35. The van der Waals surface area contributed by atoms with E-state index in [1.54, 1.807) is 25.1 Å². The zero-order valence-electron chi connectivity index (χ0n) is 19.5. The Morgan fingerprint density at radius 2 is 2.00 bits per heavy atom. The third kappa shape index (κ3) is 3.47. The van der Waals surface area contributed by atoms with Crippen molar-refractivity contribution >= 4 is 23.3 Å². The molecule has 2 aliphatic rings. The molecule has 6 heteroatoms. The first-order valence-electron chi connectivity index (χ1n) is 11.2. The summed E-state index contributed by atoms with van der Waals surface area (Å²) in [7, 11) is 0. The van der Waals surface area contributed by atoms with Gasteiger partial charge in [-0.2, -0.15) is 4.73 Å². The summed E-state index contributed by atoms with van der Waals surface area (Å²) in [5.41, 5.74) is 3.77. The highest BCUT2D eigenvalue weighted by molar-refractivity contribution is 6.30. The Morgan fingerprint density at radius 3 is 2.75 bits per heavy atom. The molecule has 1 aromatic heterocycles. The number of likely N-dealkylation sites (tertiary alicyclic amines) is 1. The van der Waals surface area contributed by atoms with E-state index in [0.29, 0.717) is 39.6 Å². The van der Waals surface area contributed by atoms with Crippen molar-refractivity contribution in [2.45, 2.75) is 32.6 Å². The number of hydrogen-bond donors (Lipinski definition) is 0. The summed E-state index contributed by atoms with van der Waals surface area (Å²) in [4.78, 5) is 12.9. The van der Waals surface area contributed by atoms with Crippen LogP contribution in [-0.2, 0) is 17.6 Å². The number of carbonyl (C=O) groups is 1. The molecule has 0 radical (unpaired) electrons. The number of ether oxygens (including phenoxy) is 1. The van der Waals surface area contributed by atoms with E-state index in [0.717, 1.165) is 21.4 Å². The highest BCUT2D eigenvalue weighted by Gasteiger charge is 2.30. The average Bonchev–Trinajstić information content (AvgIpc) is 2.83. The van der Waals surface area contributed by atoms with Gasteiger partial charge in [-0.3, -0.25) is 0 Å². The normalized spacial score (nSPS) is 22.0. The molecule has 2 heterocycles. The molecule has 0 unspecified atom stereocenters. The Labute approximate surface area is 175 Å². The minimum Gasteiger partial charge on any atom is -0.618 e. The maximum atomic E-state index is 12.9. The number of amides is 1. The lowest BCUT2D eigenvalue weighted by Crippen LogP contribution is -2.38. The van der Waals surface area contributed by atoms with Gasteiger partial charge >= 0.3 is 6.09 Å². The van der Waals surface area contributed by atoms with Gasteiger partial charge in [0.15, 0.2) is 6.20 Å². The lowest BCUT2D eigenvalue weighted by Gasteiger charge is -2.29. The molecular formula is C22H23ClN2O3. The van der Waals surface area contributed by atoms with E-state index in [-0.39, 0.29) is 19.4 Å². The van der Waals surface area contributed by atoms with E-state index in [9.17, 15) is 10.0 Å². The first-order valence-corrected chi connectivity index (χ1v) is 9.62. The van der Waals surface area contributed by atoms with Crippen LogP contribution in [0.1, 0.15) is 47.6 Å². The monoisotopic (exact) mass is 402 g/mol. The summed E-state index contributed by atoms with van der Waals surface area (Å²) in [6.45, 7) is -3.11. The van der Waals surface area contributed by atoms with Gasteiger partial charge in [-0.25, -0.2) is 4.79 Å². The zero-order valence-corrected chi connectivity index (χ0v) is 16.3. The van der Waals surface area contributed by atoms with Crippen LogP contribution in [-0.4, -0.2) is 30.6 Å². The van der Waals surface area contributed by atoms with E-state index < -0.39 is 19.1 Å². The van der Waals surface area contributed by atoms with Gasteiger partial charge in [-0.1, -0.05) is 23.2 Å². The van der Waals surface area contributed by atoms with Gasteiger partial charge in [0.2, 0.25) is 5.69 Å². The van der Waals surface area contributed by atoms with Gasteiger partial charge in [0, 0.05) is 35.1 Å². The standard InChI is InChI=1S/C22H23ClN2O3/c1-2-28-22(26)24-12-9-15(10-13-24)20-19-8-7-18(23)14-17(19)6-5-16-4-3-11-25(27)21(16)20/h3-4,7-8,11,14H,2,5-6,9-10,12-13H2,1H3/i12D2,13D2. The largest absolute Gasteiger partial charge is 0.618 e. The molecule has 5 nitrogen and oxygen atoms in total. The predicted octanol–water partition coefficient (Wildman–Crippen LogP) is 4.13. The second-order valence-corrected chi connectivity index (χ2v) is 7.13. The highest BCUT2D eigenvalue weighted by Crippen LogP contribution is 2.38. The summed E-state index contributed by atoms with van der Waals surface area (Å²) in [5.74, 6) is 0. The van der Waals surface area contributed by atoms with Crippen molar-refractivity contribution in [1.82, 2.24) is 4.90 Å². The van der Waals surface area contributed by atoms with Gasteiger partial charge in [-0.15, -0.1) is 0 Å². The molecule has 1 saturated heterocycles. The Kier molecular flexibility index (Phi) is 4.05. The summed E-state index contributed by atoms with van der Waals surface area (Å²) >= 11 is 6.22. The fourth-order valence-corrected chi connectivity index (χ4v) is 3.93. The predicted molar refractivity (Wildman–Crippen MR) is 108 cm³/mol. The fraction of sp³-hybridized carbons (Fsp3) is 0.364. The Bertz CT molecular complexity index is 1100. The van der Waals surface area contributed by atoms with Crippen molar-refractivity contribution in [2.75, 3.05) is 19.6 Å². The maximum absolute atomic E-state index is 12.9. The average molecular weight is 403 g/mol. The molecule has 0 N–H and O–H groups in total. The Morgan fingerprint density at radius 1 is 1.25 bits per heavy atom. The van der Waals surface area contributed by atoms with Gasteiger partial charge in [0.1, 0.15) is 0 Å². The van der Waals surface area contributed by atoms with Crippen LogP contribution in [0.25, 0.3) is 5.57 Å². The quantitative estimate of drug-likeness (QED) is 0.532. The third-order valence-corrected chi connectivity index (χ3v) is 5.22. The van der Waals surface area contributed by atoms with Crippen LogP contribution in [0.5, 0.6) is 0 Å². The topological polar surface area (TPSA) is 56.5 Å². The number of piperidine rings is 1. The number of rotatable bonds is 1. The molecular weight excluding hydrogens is 376 g/mol. The SMILES string of the molecule is [2H]C1([2H])CC(=C2c3ccc(Cl)cc3CCc3ccc[n+]([O-])c32)CC([2H])([2H])N1C(=O)OCC. The smallest absolute Gasteiger partial charge is 0.409 e. The van der Waals surface area contributed by atoms with Gasteiger partial charge in [0.25, 0.3) is 0 Å². The molecule has 1 amide bonds. The lowest BCUT2D eigenvalue weighted by molar-refractivity contribution is -0.608. The van der Waals surface area contributed by atoms with Crippen molar-refractivity contribution in [1.29, 1.82) is 0 Å². The molecule has 1 aliphatic carbocycles. The number of aryl methyl sites for hydroxylation is 2. The van der Waals surface area contributed by atoms with Crippen LogP contribution < -0.4 is 4.73 Å². The molecule has 28 heavy (non-hydrogen) atoms. The second kappa shape index (κ2) is 7.84. The molecule has 4 rings (SSSR count). The molecule has 0 atom stereocenters. The molecule has 0 spiro atoms. The van der Waals surface area contributed by atoms with Crippen molar-refractivity contribution in [2.24, 2.45) is 0 Å². The van der Waals surface area contributed by atoms with Gasteiger partial charge in [0.05, 0.1) is 12.2 Å². The number of fused-ring (bicyclic) bond motifs is 2. The fourth-order valence-electron chi connectivity index (χ4n) is 3.73. The van der Waals surface area contributed by atoms with E-state index in [4.69, 9.17) is 21.8 Å². The summed E-state index contributed by atoms with van der Waals surface area (Å²) in [5, 5.41) is 13.5. The van der Waals surface area contributed by atoms with E-state index in [1.807, 2.05) is 12.1 Å². The van der Waals surface area contributed by atoms with Crippen molar-refractivity contribution in [3.8, 4) is 0 Å². The first kappa shape index (κ1) is 14.5. The highest BCUT2D eigenvalue weighted by atomic mass is 35.5. The number of hydrogen-bond acceptors (Lipinski definition) is 3. The summed E-state index contributed by atoms with van der Waals surface area (Å²) in [6, 6.07) is 8.86. The lowest BCUT2D eigenvalue weighted by atomic mass is 9.88. The van der Waals surface area contributed by atoms with Crippen LogP contribution in [0.4, 0.5) is 4.79 Å². The molecule has 0 bridgehead atoms. The van der Waals surface area contributed by atoms with Crippen molar-refractivity contribution in [3.05, 3.63) is 74.7 Å². The summed E-state index contributed by atoms with van der Waals surface area (Å²) in [6.07, 6.45) is 1.07. The number of carbonyl (C=O) groups excluding carboxylic acids is 1. The van der Waals surface area contributed by atoms with Crippen molar-refractivity contribution < 1.29 is 19.7 Å². The number of benzene rings is 1. The number of halogens is 1. The van der Waals surface area contributed by atoms with Crippen LogP contribution in [0.15, 0.2) is 42.1 Å². The first-order chi connectivity index (χ1) is 15.0. The van der Waals surface area contributed by atoms with Gasteiger partial charge < -0.3 is 14.8 Å². The van der Waals surface area contributed by atoms with Crippen molar-refractivity contribution in [3.63, 3.8) is 0 Å². The second-order valence-electron chi connectivity index (χ2n) is 6.69. The molecule has 1 fully saturated rings. The van der Waals surface area contributed by atoms with E-state index >= 15 is 0 Å². The van der Waals surface area contributed by atoms with Crippen LogP contribution in [0, 0.1) is 5.21 Å². The zero-order chi connectivity index (χ0) is 23.3. The van der Waals surface area contributed by atoms with Crippen LogP contribution in [0.2, 0.25) is 5.02 Å². The maximum Gasteiger partial charge on any atom is 0.409 e. The molecule has 1 aliphatic heterocycles. The van der Waals surface area contributed by atoms with E-state index in [1.165, 1.54) is 6.20 Å². The number of pyridine rings is 1. The molecule has 0 saturated carbocycles. The summed E-state index contributed by atoms with van der Waals surface area (Å²) < 4.78 is 39.8. The Balaban J connectivity index is 1.96. The van der Waals surface area contributed by atoms with Crippen LogP contribution in [0.3, 0.4) is 0 Å². The molecule has 2 aromatic rings.